The molecule has 0 aliphatic rings. The van der Waals surface area contributed by atoms with Crippen LogP contribution in [0.1, 0.15) is 0 Å². The van der Waals surface area contributed by atoms with Crippen LogP contribution in [0.4, 0.5) is 0 Å². The monoisotopic (exact) mass is 149 g/mol. The van der Waals surface area contributed by atoms with Crippen LogP contribution >= 0.6 is 12.6 Å². The van der Waals surface area contributed by atoms with E-state index in [0.29, 0.717) is 5.75 Å². The smallest absolute Gasteiger partial charge is 0.323 e. The first-order valence-corrected chi connectivity index (χ1v) is 3.25. The summed E-state index contributed by atoms with van der Waals surface area (Å²) in [5.41, 5.74) is 0. The molecule has 9 heavy (non-hydrogen) atoms. The summed E-state index contributed by atoms with van der Waals surface area (Å²) in [6.07, 6.45) is 0. The lowest BCUT2D eigenvalue weighted by atomic mass is 10.3. The van der Waals surface area contributed by atoms with Crippen molar-refractivity contribution < 1.29 is 9.53 Å². The van der Waals surface area contributed by atoms with Crippen LogP contribution in [0.25, 0.3) is 0 Å². The summed E-state index contributed by atoms with van der Waals surface area (Å²) >= 11 is 3.93. The summed E-state index contributed by atoms with van der Waals surface area (Å²) in [4.78, 5) is 10.6. The predicted molar refractivity (Wildman–Crippen MR) is 38.7 cm³/mol. The van der Waals surface area contributed by atoms with Crippen LogP contribution in [-0.2, 0) is 9.53 Å². The Bertz CT molecular complexity index is 93.0. The Morgan fingerprint density at radius 3 is 2.56 bits per heavy atom. The molecule has 1 N–H and O–H groups in total. The summed E-state index contributed by atoms with van der Waals surface area (Å²) in [5, 5.41) is 2.75. The van der Waals surface area contributed by atoms with Gasteiger partial charge in [-0.1, -0.05) is 0 Å². The molecule has 0 bridgehead atoms. The Morgan fingerprint density at radius 2 is 2.44 bits per heavy atom. The van der Waals surface area contributed by atoms with Crippen LogP contribution in [0.3, 0.4) is 0 Å². The Morgan fingerprint density at radius 1 is 1.89 bits per heavy atom. The average Bonchev–Trinajstić information content (AvgIpc) is 1.90. The summed E-state index contributed by atoms with van der Waals surface area (Å²) < 4.78 is 4.44. The zero-order chi connectivity index (χ0) is 7.28. The summed E-state index contributed by atoms with van der Waals surface area (Å²) in [6, 6.07) is -0.279. The number of carbonyl (C=O) groups is 1. The van der Waals surface area contributed by atoms with Gasteiger partial charge in [0.2, 0.25) is 0 Å². The maximum absolute atomic E-state index is 10.6. The summed E-state index contributed by atoms with van der Waals surface area (Å²) in [6.45, 7) is 0. The van der Waals surface area contributed by atoms with Gasteiger partial charge >= 0.3 is 5.97 Å². The molecule has 0 heterocycles. The van der Waals surface area contributed by atoms with Gasteiger partial charge in [0.15, 0.2) is 0 Å². The Balaban J connectivity index is 3.64. The minimum atomic E-state index is -0.279. The van der Waals surface area contributed by atoms with Gasteiger partial charge < -0.3 is 10.1 Å². The molecular formula is C5H11NO2S. The molecule has 1 atom stereocenters. The minimum Gasteiger partial charge on any atom is -0.468 e. The van der Waals surface area contributed by atoms with Gasteiger partial charge in [-0.05, 0) is 7.05 Å². The van der Waals surface area contributed by atoms with E-state index in [1.54, 1.807) is 7.05 Å². The number of ether oxygens (including phenoxy) is 1. The van der Waals surface area contributed by atoms with Gasteiger partial charge in [-0.25, -0.2) is 0 Å². The number of methoxy groups -OCH3 is 1. The molecule has 0 aromatic carbocycles. The highest BCUT2D eigenvalue weighted by Crippen LogP contribution is 1.88. The van der Waals surface area contributed by atoms with Gasteiger partial charge in [-0.2, -0.15) is 12.6 Å². The molecule has 0 saturated heterocycles. The molecule has 0 spiro atoms. The maximum atomic E-state index is 10.6. The fourth-order valence-corrected chi connectivity index (χ4v) is 0.758. The molecule has 0 rings (SSSR count). The second-order valence-electron chi connectivity index (χ2n) is 1.55. The molecule has 0 saturated carbocycles. The van der Waals surface area contributed by atoms with Gasteiger partial charge in [0, 0.05) is 5.75 Å². The topological polar surface area (TPSA) is 38.3 Å². The Kier molecular flexibility index (Phi) is 4.53. The van der Waals surface area contributed by atoms with E-state index in [2.05, 4.69) is 22.7 Å². The number of nitrogens with one attached hydrogen (secondary N) is 1. The highest BCUT2D eigenvalue weighted by atomic mass is 32.1. The third kappa shape index (κ3) is 2.72. The lowest BCUT2D eigenvalue weighted by molar-refractivity contribution is -0.142. The second kappa shape index (κ2) is 4.64. The fraction of sp³-hybridized carbons (Fsp3) is 0.800. The number of esters is 1. The van der Waals surface area contributed by atoms with Crippen molar-refractivity contribution in [2.24, 2.45) is 0 Å². The lowest BCUT2D eigenvalue weighted by Gasteiger charge is -2.08. The van der Waals surface area contributed by atoms with E-state index in [-0.39, 0.29) is 12.0 Å². The predicted octanol–water partition coefficient (Wildman–Crippen LogP) is -0.323. The number of rotatable bonds is 3. The molecule has 0 aromatic rings. The van der Waals surface area contributed by atoms with Crippen molar-refractivity contribution in [1.29, 1.82) is 0 Å². The van der Waals surface area contributed by atoms with Crippen LogP contribution in [0, 0.1) is 0 Å². The van der Waals surface area contributed by atoms with Crippen molar-refractivity contribution in [3.8, 4) is 0 Å². The third-order valence-corrected chi connectivity index (χ3v) is 1.38. The van der Waals surface area contributed by atoms with Crippen molar-refractivity contribution >= 4 is 18.6 Å². The van der Waals surface area contributed by atoms with Gasteiger partial charge in [-0.3, -0.25) is 4.79 Å². The van der Waals surface area contributed by atoms with E-state index in [9.17, 15) is 4.79 Å². The number of hydrogen-bond donors (Lipinski definition) is 2. The van der Waals surface area contributed by atoms with Crippen molar-refractivity contribution in [2.75, 3.05) is 19.9 Å². The zero-order valence-electron chi connectivity index (χ0n) is 5.55. The van der Waals surface area contributed by atoms with Crippen LogP contribution in [-0.4, -0.2) is 31.9 Å². The molecule has 54 valence electrons. The number of carbonyl (C=O) groups excluding carboxylic acids is 1. The standard InChI is InChI=1S/C5H11NO2S/c1-6-4(3-9)5(7)8-2/h4,6,9H,3H2,1-2H3/t4-/m1/s1. The molecule has 0 aliphatic carbocycles. The number of thiol groups is 1. The van der Waals surface area contributed by atoms with Crippen LogP contribution in [0.2, 0.25) is 0 Å². The molecule has 0 fully saturated rings. The average molecular weight is 149 g/mol. The largest absolute Gasteiger partial charge is 0.468 e. The first-order valence-electron chi connectivity index (χ1n) is 2.62. The van der Waals surface area contributed by atoms with E-state index in [1.165, 1.54) is 7.11 Å². The van der Waals surface area contributed by atoms with E-state index in [0.717, 1.165) is 0 Å². The Hall–Kier alpha value is -0.220. The first kappa shape index (κ1) is 8.78. The van der Waals surface area contributed by atoms with Crippen molar-refractivity contribution in [1.82, 2.24) is 5.32 Å². The normalized spacial score (nSPS) is 12.8. The highest BCUT2D eigenvalue weighted by molar-refractivity contribution is 7.80. The van der Waals surface area contributed by atoms with Gasteiger partial charge in [0.05, 0.1) is 7.11 Å². The number of likely N-dealkylation sites (N-methyl/N-ethyl adjacent to an activating group) is 1. The van der Waals surface area contributed by atoms with Gasteiger partial charge in [0.25, 0.3) is 0 Å². The first-order chi connectivity index (χ1) is 4.26. The molecule has 0 aromatic heterocycles. The van der Waals surface area contributed by atoms with Crippen molar-refractivity contribution in [2.45, 2.75) is 6.04 Å². The molecule has 4 heteroatoms. The van der Waals surface area contributed by atoms with Crippen molar-refractivity contribution in [3.63, 3.8) is 0 Å². The lowest BCUT2D eigenvalue weighted by Crippen LogP contribution is -2.36. The molecule has 0 aliphatic heterocycles. The van der Waals surface area contributed by atoms with Gasteiger partial charge in [0.1, 0.15) is 6.04 Å². The highest BCUT2D eigenvalue weighted by Gasteiger charge is 2.13. The zero-order valence-corrected chi connectivity index (χ0v) is 6.44. The van der Waals surface area contributed by atoms with Crippen LogP contribution in [0.15, 0.2) is 0 Å². The Labute approximate surface area is 60.2 Å². The SMILES string of the molecule is CN[C@H](CS)C(=O)OC. The van der Waals surface area contributed by atoms with E-state index >= 15 is 0 Å². The van der Waals surface area contributed by atoms with E-state index < -0.39 is 0 Å². The summed E-state index contributed by atoms with van der Waals surface area (Å²) in [7, 11) is 3.05. The fourth-order valence-electron chi connectivity index (χ4n) is 0.426. The molecule has 3 nitrogen and oxygen atoms in total. The van der Waals surface area contributed by atoms with E-state index in [4.69, 9.17) is 0 Å². The summed E-state index contributed by atoms with van der Waals surface area (Å²) in [5.74, 6) is 0.191. The quantitative estimate of drug-likeness (QED) is 0.426. The minimum absolute atomic E-state index is 0.271. The van der Waals surface area contributed by atoms with Gasteiger partial charge in [-0.15, -0.1) is 0 Å². The van der Waals surface area contributed by atoms with E-state index in [1.807, 2.05) is 0 Å². The maximum Gasteiger partial charge on any atom is 0.323 e. The van der Waals surface area contributed by atoms with Crippen LogP contribution in [0.5, 0.6) is 0 Å². The molecular weight excluding hydrogens is 138 g/mol. The number of hydrogen-bond acceptors (Lipinski definition) is 4. The van der Waals surface area contributed by atoms with Crippen LogP contribution < -0.4 is 5.32 Å². The molecule has 0 unspecified atom stereocenters. The second-order valence-corrected chi connectivity index (χ2v) is 1.91. The van der Waals surface area contributed by atoms with Crippen molar-refractivity contribution in [3.05, 3.63) is 0 Å². The molecule has 0 amide bonds. The third-order valence-electron chi connectivity index (χ3n) is 1.02. The molecule has 0 radical (unpaired) electrons.